The first kappa shape index (κ1) is 27.7. The topological polar surface area (TPSA) is 81.8 Å². The Bertz CT molecular complexity index is 1580. The second-order valence-electron chi connectivity index (χ2n) is 12.6. The Labute approximate surface area is 245 Å². The Morgan fingerprint density at radius 2 is 1.83 bits per heavy atom. The van der Waals surface area contributed by atoms with E-state index in [2.05, 4.69) is 64.7 Å². The summed E-state index contributed by atoms with van der Waals surface area (Å²) in [6, 6.07) is 8.16. The first-order valence-electron chi connectivity index (χ1n) is 14.2. The van der Waals surface area contributed by atoms with Crippen molar-refractivity contribution in [3.63, 3.8) is 0 Å². The molecule has 1 saturated carbocycles. The minimum atomic E-state index is -0.458. The van der Waals surface area contributed by atoms with Crippen LogP contribution >= 0.6 is 11.3 Å². The molecule has 3 aliphatic rings. The maximum atomic E-state index is 12.3. The number of rotatable bonds is 3. The molecular weight excluding hydrogens is 534 g/mol. The molecule has 2 fully saturated rings. The van der Waals surface area contributed by atoms with Crippen LogP contribution in [0.25, 0.3) is 5.00 Å². The molecule has 9 heteroatoms. The summed E-state index contributed by atoms with van der Waals surface area (Å²) in [6.07, 6.45) is 1.87. The quantitative estimate of drug-likeness (QED) is 0.372. The van der Waals surface area contributed by atoms with Gasteiger partial charge in [-0.1, -0.05) is 24.0 Å². The number of nitrogens with zero attached hydrogens (tertiary/aromatic N) is 5. The molecule has 2 aromatic heterocycles. The molecule has 1 saturated heterocycles. The maximum absolute atomic E-state index is 12.3. The lowest BCUT2D eigenvalue weighted by molar-refractivity contribution is -0.0832. The van der Waals surface area contributed by atoms with Crippen LogP contribution in [0.3, 0.4) is 0 Å². The molecule has 214 valence electrons. The van der Waals surface area contributed by atoms with Gasteiger partial charge in [-0.2, -0.15) is 0 Å². The number of ether oxygens (including phenoxy) is 2. The van der Waals surface area contributed by atoms with Crippen molar-refractivity contribution in [2.75, 3.05) is 26.8 Å². The van der Waals surface area contributed by atoms with Crippen LogP contribution in [-0.2, 0) is 9.47 Å². The van der Waals surface area contributed by atoms with Gasteiger partial charge in [0.15, 0.2) is 5.82 Å². The fourth-order valence-electron chi connectivity index (χ4n) is 6.12. The first-order valence-corrected chi connectivity index (χ1v) is 15.0. The van der Waals surface area contributed by atoms with E-state index >= 15 is 0 Å². The molecule has 8 nitrogen and oxygen atoms in total. The number of likely N-dealkylation sites (tertiary alicyclic amines) is 1. The molecule has 3 aromatic rings. The number of hydrogen-bond donors (Lipinski definition) is 0. The summed E-state index contributed by atoms with van der Waals surface area (Å²) in [5.41, 5.74) is 5.13. The van der Waals surface area contributed by atoms with Crippen molar-refractivity contribution in [2.45, 2.75) is 66.0 Å². The Morgan fingerprint density at radius 3 is 2.49 bits per heavy atom. The SMILES string of the molecule is COCC1N=C(c2ccc(C#CC3CC4(C3)CN(C(=O)OC(C)(C)C)C4)cc2)c2c(sc(C)c2C)-n2c(C)nnc21. The van der Waals surface area contributed by atoms with Gasteiger partial charge in [-0.3, -0.25) is 9.56 Å². The zero-order chi connectivity index (χ0) is 29.1. The highest BCUT2D eigenvalue weighted by molar-refractivity contribution is 7.15. The Kier molecular flexibility index (Phi) is 6.82. The number of benzene rings is 1. The fourth-order valence-corrected chi connectivity index (χ4v) is 7.33. The summed E-state index contributed by atoms with van der Waals surface area (Å²) in [6.45, 7) is 14.0. The van der Waals surface area contributed by atoms with Gasteiger partial charge >= 0.3 is 6.09 Å². The standard InChI is InChI=1S/C32H37N5O3S/c1-19-20(2)41-29-26(19)27(33-25(16-39-7)28-35-34-21(3)37(28)29)24-12-10-22(11-13-24)8-9-23-14-32(15-23)17-36(18-32)30(38)40-31(4,5)6/h10-13,23,25H,14-18H2,1-7H3. The highest BCUT2D eigenvalue weighted by Gasteiger charge is 2.54. The molecule has 2 aliphatic heterocycles. The maximum Gasteiger partial charge on any atom is 0.410 e. The van der Waals surface area contributed by atoms with Gasteiger partial charge in [0.25, 0.3) is 0 Å². The minimum Gasteiger partial charge on any atom is -0.444 e. The first-order chi connectivity index (χ1) is 19.5. The molecule has 0 bridgehead atoms. The average molecular weight is 572 g/mol. The molecule has 1 aromatic carbocycles. The van der Waals surface area contributed by atoms with Crippen molar-refractivity contribution in [3.8, 4) is 16.8 Å². The van der Waals surface area contributed by atoms with Crippen LogP contribution in [0.1, 0.15) is 78.4 Å². The molecule has 1 amide bonds. The molecule has 1 atom stereocenters. The normalized spacial score (nSPS) is 19.2. The Hall–Kier alpha value is -3.48. The summed E-state index contributed by atoms with van der Waals surface area (Å²) >= 11 is 1.75. The average Bonchev–Trinajstić information content (AvgIpc) is 3.33. The van der Waals surface area contributed by atoms with Crippen LogP contribution < -0.4 is 0 Å². The van der Waals surface area contributed by atoms with Crippen LogP contribution in [0.4, 0.5) is 4.79 Å². The summed E-state index contributed by atoms with van der Waals surface area (Å²) in [5.74, 6) is 8.88. The number of aryl methyl sites for hydroxylation is 2. The van der Waals surface area contributed by atoms with Gasteiger partial charge in [0.2, 0.25) is 0 Å². The zero-order valence-corrected chi connectivity index (χ0v) is 25.7. The predicted molar refractivity (Wildman–Crippen MR) is 160 cm³/mol. The molecule has 4 heterocycles. The van der Waals surface area contributed by atoms with E-state index in [4.69, 9.17) is 14.5 Å². The molecule has 0 N–H and O–H groups in total. The number of methoxy groups -OCH3 is 1. The van der Waals surface area contributed by atoms with Crippen molar-refractivity contribution in [3.05, 3.63) is 63.0 Å². The van der Waals surface area contributed by atoms with Crippen LogP contribution in [0.2, 0.25) is 0 Å². The van der Waals surface area contributed by atoms with E-state index in [0.29, 0.717) is 12.5 Å². The van der Waals surface area contributed by atoms with Crippen LogP contribution in [0.15, 0.2) is 29.3 Å². The third-order valence-electron chi connectivity index (χ3n) is 8.21. The number of aromatic nitrogens is 3. The molecule has 6 rings (SSSR count). The number of carbonyl (C=O) groups is 1. The minimum absolute atomic E-state index is 0.207. The number of carbonyl (C=O) groups excluding carboxylic acids is 1. The van der Waals surface area contributed by atoms with E-state index in [0.717, 1.165) is 65.0 Å². The van der Waals surface area contributed by atoms with Crippen LogP contribution in [-0.4, -0.2) is 63.9 Å². The highest BCUT2D eigenvalue weighted by atomic mass is 32.1. The zero-order valence-electron chi connectivity index (χ0n) is 24.9. The number of aliphatic imine (C=N–C) groups is 1. The number of amides is 1. The third kappa shape index (κ3) is 5.08. The van der Waals surface area contributed by atoms with Gasteiger partial charge in [-0.05, 0) is 72.1 Å². The lowest BCUT2D eigenvalue weighted by Crippen LogP contribution is -2.64. The van der Waals surface area contributed by atoms with E-state index < -0.39 is 5.60 Å². The second kappa shape index (κ2) is 10.1. The molecule has 1 unspecified atom stereocenters. The smallest absolute Gasteiger partial charge is 0.410 e. The second-order valence-corrected chi connectivity index (χ2v) is 13.8. The van der Waals surface area contributed by atoms with Gasteiger partial charge in [0, 0.05) is 53.1 Å². The van der Waals surface area contributed by atoms with Crippen molar-refractivity contribution in [2.24, 2.45) is 16.3 Å². The summed E-state index contributed by atoms with van der Waals surface area (Å²) < 4.78 is 13.2. The van der Waals surface area contributed by atoms with Crippen molar-refractivity contribution in [1.29, 1.82) is 0 Å². The molecule has 41 heavy (non-hydrogen) atoms. The summed E-state index contributed by atoms with van der Waals surface area (Å²) in [5, 5.41) is 9.96. The van der Waals surface area contributed by atoms with Gasteiger partial charge in [-0.25, -0.2) is 4.79 Å². The monoisotopic (exact) mass is 571 g/mol. The van der Waals surface area contributed by atoms with Gasteiger partial charge in [0.1, 0.15) is 22.5 Å². The number of hydrogen-bond acceptors (Lipinski definition) is 7. The fraction of sp³-hybridized carbons (Fsp3) is 0.500. The van der Waals surface area contributed by atoms with E-state index in [-0.39, 0.29) is 17.6 Å². The number of fused-ring (bicyclic) bond motifs is 3. The van der Waals surface area contributed by atoms with Gasteiger partial charge in [-0.15, -0.1) is 21.5 Å². The number of thiophene rings is 1. The Morgan fingerprint density at radius 1 is 1.12 bits per heavy atom. The van der Waals surface area contributed by atoms with Gasteiger partial charge in [0.05, 0.1) is 12.3 Å². The van der Waals surface area contributed by atoms with Crippen LogP contribution in [0, 0.1) is 43.9 Å². The Balaban J connectivity index is 1.18. The largest absolute Gasteiger partial charge is 0.444 e. The van der Waals surface area contributed by atoms with E-state index in [1.807, 2.05) is 32.6 Å². The lowest BCUT2D eigenvalue weighted by Gasteiger charge is -2.57. The van der Waals surface area contributed by atoms with Crippen LogP contribution in [0.5, 0.6) is 0 Å². The molecular formula is C32H37N5O3S. The third-order valence-corrected chi connectivity index (χ3v) is 9.40. The lowest BCUT2D eigenvalue weighted by atomic mass is 9.58. The van der Waals surface area contributed by atoms with Gasteiger partial charge < -0.3 is 14.4 Å². The van der Waals surface area contributed by atoms with E-state index in [1.54, 1.807) is 18.4 Å². The van der Waals surface area contributed by atoms with Crippen molar-refractivity contribution >= 4 is 23.1 Å². The molecule has 1 spiro atoms. The van der Waals surface area contributed by atoms with Crippen molar-refractivity contribution < 1.29 is 14.3 Å². The summed E-state index contributed by atoms with van der Waals surface area (Å²) in [4.78, 5) is 20.5. The molecule has 0 radical (unpaired) electrons. The summed E-state index contributed by atoms with van der Waals surface area (Å²) in [7, 11) is 1.69. The predicted octanol–water partition coefficient (Wildman–Crippen LogP) is 5.79. The van der Waals surface area contributed by atoms with Crippen molar-refractivity contribution in [1.82, 2.24) is 19.7 Å². The highest BCUT2D eigenvalue weighted by Crippen LogP contribution is 2.52. The van der Waals surface area contributed by atoms with E-state index in [1.165, 1.54) is 10.4 Å². The molecule has 1 aliphatic carbocycles. The van der Waals surface area contributed by atoms with E-state index in [9.17, 15) is 4.79 Å².